The predicted octanol–water partition coefficient (Wildman–Crippen LogP) is 12.5. The fourth-order valence-corrected chi connectivity index (χ4v) is 8.81. The molecule has 0 bridgehead atoms. The molecule has 0 aromatic rings. The molecule has 1 aliphatic heterocycles. The summed E-state index contributed by atoms with van der Waals surface area (Å²) in [6, 6.07) is -0.798. The molecule has 1 heterocycles. The topological polar surface area (TPSA) is 149 Å². The fourth-order valence-electron chi connectivity index (χ4n) is 8.81. The van der Waals surface area contributed by atoms with Gasteiger partial charge in [0.15, 0.2) is 6.29 Å². The van der Waals surface area contributed by atoms with E-state index in [-0.39, 0.29) is 12.5 Å². The Kier molecular flexibility index (Phi) is 41.6. The molecule has 0 aliphatic carbocycles. The third-order valence-electron chi connectivity index (χ3n) is 13.1. The van der Waals surface area contributed by atoms with Gasteiger partial charge in [0.05, 0.1) is 25.4 Å². The minimum absolute atomic E-state index is 0.173. The molecule has 9 heteroatoms. The summed E-state index contributed by atoms with van der Waals surface area (Å²) in [4.78, 5) is 13.0. The van der Waals surface area contributed by atoms with Gasteiger partial charge in [-0.05, 0) is 19.3 Å². The number of unbranched alkanes of at least 4 members (excludes halogenated alkanes) is 36. The summed E-state index contributed by atoms with van der Waals surface area (Å²) in [5.41, 5.74) is 0. The number of rotatable bonds is 46. The molecule has 368 valence electrons. The Morgan fingerprint density at radius 2 is 0.887 bits per heavy atom. The van der Waals surface area contributed by atoms with Gasteiger partial charge in [0.1, 0.15) is 24.4 Å². The Morgan fingerprint density at radius 3 is 1.26 bits per heavy atom. The number of nitrogens with one attached hydrogen (secondary N) is 1. The van der Waals surface area contributed by atoms with Crippen molar-refractivity contribution in [2.75, 3.05) is 13.2 Å². The third-order valence-corrected chi connectivity index (χ3v) is 13.1. The molecule has 1 saturated heterocycles. The number of aliphatic hydroxyl groups excluding tert-OH is 5. The standard InChI is InChI=1S/C53H103NO8/c1-3-5-7-9-11-13-15-16-17-18-19-20-21-22-23-24-25-26-27-28-29-30-31-33-35-37-39-41-43-49(57)54-46(45-61-53-52(60)51(59)50(58)48(44-55)62-53)47(56)42-40-38-36-34-32-14-12-10-8-6-4-2/h40,42,46-48,50-53,55-56,58-60H,3-39,41,43-45H2,1-2H3,(H,54,57)/b42-40+/t46-,47+,48+,50+,51?,52?,53+/m0/s1. The highest BCUT2D eigenvalue weighted by atomic mass is 16.7. The Labute approximate surface area is 382 Å². The molecule has 0 saturated carbocycles. The highest BCUT2D eigenvalue weighted by molar-refractivity contribution is 5.76. The van der Waals surface area contributed by atoms with Gasteiger partial charge in [-0.3, -0.25) is 4.79 Å². The van der Waals surface area contributed by atoms with Crippen LogP contribution in [0.1, 0.15) is 264 Å². The van der Waals surface area contributed by atoms with Crippen LogP contribution in [0.3, 0.4) is 0 Å². The van der Waals surface area contributed by atoms with Crippen LogP contribution in [0.2, 0.25) is 0 Å². The minimum atomic E-state index is -1.56. The SMILES string of the molecule is CCCCCCCCCCC/C=C/[C@@H](O)[C@H](CO[C@@H]1O[C@H](CO)[C@@H](O)C(O)C1O)NC(=O)CCCCCCCCCCCCCCCCCCCCCCCCCCCCCC. The second-order valence-corrected chi connectivity index (χ2v) is 19.0. The second kappa shape index (κ2) is 43.8. The average molecular weight is 882 g/mol. The molecule has 1 amide bonds. The maximum absolute atomic E-state index is 13.0. The van der Waals surface area contributed by atoms with Crippen molar-refractivity contribution in [2.45, 2.75) is 307 Å². The Hall–Kier alpha value is -1.07. The number of aliphatic hydroxyl groups is 5. The summed E-state index contributed by atoms with van der Waals surface area (Å²) >= 11 is 0. The number of carbonyl (C=O) groups is 1. The van der Waals surface area contributed by atoms with Crippen LogP contribution in [0.25, 0.3) is 0 Å². The van der Waals surface area contributed by atoms with Gasteiger partial charge in [0.2, 0.25) is 5.91 Å². The van der Waals surface area contributed by atoms with Crippen LogP contribution in [0, 0.1) is 0 Å². The van der Waals surface area contributed by atoms with Crippen LogP contribution in [0.4, 0.5) is 0 Å². The first-order valence-electron chi connectivity index (χ1n) is 26.9. The lowest BCUT2D eigenvalue weighted by molar-refractivity contribution is -0.302. The zero-order valence-electron chi connectivity index (χ0n) is 40.6. The van der Waals surface area contributed by atoms with Crippen molar-refractivity contribution >= 4 is 5.91 Å². The molecular weight excluding hydrogens is 779 g/mol. The van der Waals surface area contributed by atoms with Gasteiger partial charge in [-0.1, -0.05) is 251 Å². The van der Waals surface area contributed by atoms with E-state index in [2.05, 4.69) is 19.2 Å². The van der Waals surface area contributed by atoms with E-state index in [1.165, 1.54) is 205 Å². The first-order valence-corrected chi connectivity index (χ1v) is 26.9. The number of hydrogen-bond acceptors (Lipinski definition) is 8. The summed E-state index contributed by atoms with van der Waals surface area (Å²) in [5.74, 6) is -0.173. The lowest BCUT2D eigenvalue weighted by atomic mass is 9.99. The van der Waals surface area contributed by atoms with Crippen LogP contribution in [-0.2, 0) is 14.3 Å². The summed E-state index contributed by atoms with van der Waals surface area (Å²) in [6.45, 7) is 3.78. The van der Waals surface area contributed by atoms with Gasteiger partial charge in [-0.15, -0.1) is 0 Å². The zero-order valence-corrected chi connectivity index (χ0v) is 40.6. The lowest BCUT2D eigenvalue weighted by Crippen LogP contribution is -2.60. The fraction of sp³-hybridized carbons (Fsp3) is 0.943. The Morgan fingerprint density at radius 1 is 0.532 bits per heavy atom. The van der Waals surface area contributed by atoms with Gasteiger partial charge < -0.3 is 40.3 Å². The van der Waals surface area contributed by atoms with E-state index in [0.717, 1.165) is 38.5 Å². The minimum Gasteiger partial charge on any atom is -0.394 e. The van der Waals surface area contributed by atoms with Crippen molar-refractivity contribution in [1.29, 1.82) is 0 Å². The zero-order chi connectivity index (χ0) is 45.1. The van der Waals surface area contributed by atoms with Gasteiger partial charge in [0, 0.05) is 6.42 Å². The van der Waals surface area contributed by atoms with E-state index in [4.69, 9.17) is 9.47 Å². The Bertz CT molecular complexity index is 981. The largest absolute Gasteiger partial charge is 0.394 e. The first-order chi connectivity index (χ1) is 30.3. The normalized spacial score (nSPS) is 20.3. The molecule has 9 nitrogen and oxygen atoms in total. The van der Waals surface area contributed by atoms with Crippen molar-refractivity contribution < 1.29 is 39.8 Å². The van der Waals surface area contributed by atoms with Crippen molar-refractivity contribution in [3.63, 3.8) is 0 Å². The van der Waals surface area contributed by atoms with E-state index in [0.29, 0.717) is 6.42 Å². The molecule has 2 unspecified atom stereocenters. The quantitative estimate of drug-likeness (QED) is 0.0261. The molecule has 6 N–H and O–H groups in total. The van der Waals surface area contributed by atoms with Crippen molar-refractivity contribution in [2.24, 2.45) is 0 Å². The van der Waals surface area contributed by atoms with Crippen LogP contribution >= 0.6 is 0 Å². The van der Waals surface area contributed by atoms with Crippen LogP contribution in [0.15, 0.2) is 12.2 Å². The molecule has 0 radical (unpaired) electrons. The summed E-state index contributed by atoms with van der Waals surface area (Å²) in [6.07, 6.45) is 45.7. The highest BCUT2D eigenvalue weighted by Gasteiger charge is 2.44. The number of ether oxygens (including phenoxy) is 2. The molecule has 62 heavy (non-hydrogen) atoms. The van der Waals surface area contributed by atoms with Crippen LogP contribution in [0.5, 0.6) is 0 Å². The Balaban J connectivity index is 2.14. The van der Waals surface area contributed by atoms with Gasteiger partial charge >= 0.3 is 0 Å². The summed E-state index contributed by atoms with van der Waals surface area (Å²) in [5, 5.41) is 54.2. The molecule has 1 fully saturated rings. The van der Waals surface area contributed by atoms with E-state index in [9.17, 15) is 30.3 Å². The molecule has 0 spiro atoms. The number of carbonyl (C=O) groups excluding carboxylic acids is 1. The summed E-state index contributed by atoms with van der Waals surface area (Å²) in [7, 11) is 0. The smallest absolute Gasteiger partial charge is 0.220 e. The number of allylic oxidation sites excluding steroid dienone is 1. The number of hydrogen-bond donors (Lipinski definition) is 6. The van der Waals surface area contributed by atoms with Gasteiger partial charge in [-0.2, -0.15) is 0 Å². The van der Waals surface area contributed by atoms with E-state index >= 15 is 0 Å². The van der Waals surface area contributed by atoms with Gasteiger partial charge in [-0.25, -0.2) is 0 Å². The molecule has 1 aliphatic rings. The molecule has 7 atom stereocenters. The first kappa shape index (κ1) is 58.9. The second-order valence-electron chi connectivity index (χ2n) is 19.0. The van der Waals surface area contributed by atoms with Crippen molar-refractivity contribution in [1.82, 2.24) is 5.32 Å². The third kappa shape index (κ3) is 33.4. The van der Waals surface area contributed by atoms with E-state index in [1.54, 1.807) is 6.08 Å². The number of amides is 1. The lowest BCUT2D eigenvalue weighted by Gasteiger charge is -2.40. The van der Waals surface area contributed by atoms with Crippen molar-refractivity contribution in [3.8, 4) is 0 Å². The maximum Gasteiger partial charge on any atom is 0.220 e. The van der Waals surface area contributed by atoms with Crippen molar-refractivity contribution in [3.05, 3.63) is 12.2 Å². The summed E-state index contributed by atoms with van der Waals surface area (Å²) < 4.78 is 11.2. The predicted molar refractivity (Wildman–Crippen MR) is 258 cm³/mol. The van der Waals surface area contributed by atoms with Crippen LogP contribution < -0.4 is 5.32 Å². The maximum atomic E-state index is 13.0. The molecule has 0 aromatic heterocycles. The van der Waals surface area contributed by atoms with E-state index in [1.807, 2.05) is 6.08 Å². The molecule has 1 rings (SSSR count). The molecular formula is C53H103NO8. The monoisotopic (exact) mass is 882 g/mol. The van der Waals surface area contributed by atoms with Crippen LogP contribution in [-0.4, -0.2) is 87.5 Å². The van der Waals surface area contributed by atoms with Gasteiger partial charge in [0.25, 0.3) is 0 Å². The highest BCUT2D eigenvalue weighted by Crippen LogP contribution is 2.23. The molecule has 0 aromatic carbocycles. The average Bonchev–Trinajstić information content (AvgIpc) is 3.27. The van der Waals surface area contributed by atoms with E-state index < -0.39 is 49.5 Å².